The predicted molar refractivity (Wildman–Crippen MR) is 110 cm³/mol. The number of anilines is 1. The maximum Gasteiger partial charge on any atom is 0.255 e. The van der Waals surface area contributed by atoms with Gasteiger partial charge in [0.2, 0.25) is 0 Å². The number of carbonyl (C=O) groups excluding carboxylic acids is 3. The van der Waals surface area contributed by atoms with E-state index >= 15 is 0 Å². The summed E-state index contributed by atoms with van der Waals surface area (Å²) in [6, 6.07) is 1.86. The number of Topliss-reactive ketones (excluding diaryl/α,β-unsaturated/α-hetero) is 2. The Hall–Kier alpha value is -3.62. The van der Waals surface area contributed by atoms with Crippen molar-refractivity contribution in [1.82, 2.24) is 4.98 Å². The van der Waals surface area contributed by atoms with Gasteiger partial charge in [-0.3, -0.25) is 14.4 Å². The van der Waals surface area contributed by atoms with Crippen LogP contribution in [-0.4, -0.2) is 46.8 Å². The summed E-state index contributed by atoms with van der Waals surface area (Å²) in [5, 5.41) is 21.3. The Morgan fingerprint density at radius 2 is 2.00 bits per heavy atom. The van der Waals surface area contributed by atoms with Crippen LogP contribution in [0.1, 0.15) is 28.8 Å². The summed E-state index contributed by atoms with van der Waals surface area (Å²) in [6.07, 6.45) is 2.20. The van der Waals surface area contributed by atoms with Gasteiger partial charge in [-0.25, -0.2) is 4.98 Å². The lowest BCUT2D eigenvalue weighted by molar-refractivity contribution is -0.126. The quantitative estimate of drug-likeness (QED) is 0.621. The molecule has 3 unspecified atom stereocenters. The van der Waals surface area contributed by atoms with E-state index in [4.69, 9.17) is 10.2 Å². The number of primary amides is 1. The van der Waals surface area contributed by atoms with E-state index in [0.29, 0.717) is 29.5 Å². The number of aliphatic hydroxyl groups is 2. The summed E-state index contributed by atoms with van der Waals surface area (Å²) >= 11 is 0. The molecular weight excluding hydrogens is 402 g/mol. The van der Waals surface area contributed by atoms with Crippen molar-refractivity contribution in [2.75, 3.05) is 19.0 Å². The zero-order valence-corrected chi connectivity index (χ0v) is 17.0. The summed E-state index contributed by atoms with van der Waals surface area (Å²) in [5.41, 5.74) is 7.79. The van der Waals surface area contributed by atoms with Crippen LogP contribution in [0.25, 0.3) is 11.1 Å². The number of rotatable bonds is 2. The molecule has 2 aromatic rings. The van der Waals surface area contributed by atoms with E-state index in [9.17, 15) is 24.6 Å². The fourth-order valence-corrected chi connectivity index (χ4v) is 5.41. The molecule has 160 valence electrons. The summed E-state index contributed by atoms with van der Waals surface area (Å²) in [7, 11) is 3.75. The highest BCUT2D eigenvalue weighted by molar-refractivity contribution is 6.22. The monoisotopic (exact) mass is 423 g/mol. The predicted octanol–water partition coefficient (Wildman–Crippen LogP) is 1.97. The molecule has 0 radical (unpaired) electrons. The van der Waals surface area contributed by atoms with Crippen LogP contribution < -0.4 is 10.6 Å². The number of hydrogen-bond acceptors (Lipinski definition) is 8. The molecule has 0 bridgehead atoms. The summed E-state index contributed by atoms with van der Waals surface area (Å²) in [4.78, 5) is 44.3. The second kappa shape index (κ2) is 6.44. The van der Waals surface area contributed by atoms with Gasteiger partial charge in [0.05, 0.1) is 11.5 Å². The molecule has 3 atom stereocenters. The maximum absolute atomic E-state index is 13.6. The molecule has 3 aliphatic rings. The van der Waals surface area contributed by atoms with Crippen LogP contribution in [-0.2, 0) is 16.0 Å². The van der Waals surface area contributed by atoms with Crippen molar-refractivity contribution in [3.63, 3.8) is 0 Å². The molecule has 0 saturated heterocycles. The molecular formula is C22H21N3O6. The molecule has 0 aliphatic heterocycles. The van der Waals surface area contributed by atoms with Crippen LogP contribution >= 0.6 is 0 Å². The average molecular weight is 423 g/mol. The number of benzene rings is 1. The number of hydrogen-bond donors (Lipinski definition) is 3. The van der Waals surface area contributed by atoms with Crippen LogP contribution in [0.5, 0.6) is 0 Å². The number of amides is 1. The average Bonchev–Trinajstić information content (AvgIpc) is 3.14. The van der Waals surface area contributed by atoms with Crippen LogP contribution in [0.4, 0.5) is 5.69 Å². The molecule has 5 rings (SSSR count). The van der Waals surface area contributed by atoms with E-state index in [1.165, 1.54) is 6.39 Å². The van der Waals surface area contributed by atoms with Crippen molar-refractivity contribution in [2.45, 2.75) is 19.3 Å². The lowest BCUT2D eigenvalue weighted by atomic mass is 9.62. The number of aliphatic hydroxyl groups excluding tert-OH is 2. The number of carbonyl (C=O) groups is 3. The lowest BCUT2D eigenvalue weighted by Gasteiger charge is -2.41. The third-order valence-corrected chi connectivity index (χ3v) is 6.67. The van der Waals surface area contributed by atoms with Gasteiger partial charge in [0.25, 0.3) is 5.91 Å². The molecule has 9 heteroatoms. The van der Waals surface area contributed by atoms with Gasteiger partial charge in [-0.1, -0.05) is 0 Å². The second-order valence-corrected chi connectivity index (χ2v) is 8.60. The molecule has 1 aromatic carbocycles. The van der Waals surface area contributed by atoms with Crippen LogP contribution in [0.3, 0.4) is 0 Å². The van der Waals surface area contributed by atoms with Gasteiger partial charge in [-0.2, -0.15) is 0 Å². The molecule has 0 fully saturated rings. The molecule has 0 spiro atoms. The number of oxazole rings is 1. The molecule has 4 N–H and O–H groups in total. The van der Waals surface area contributed by atoms with Gasteiger partial charge in [0, 0.05) is 31.8 Å². The van der Waals surface area contributed by atoms with Crippen molar-refractivity contribution >= 4 is 34.3 Å². The molecule has 1 heterocycles. The third-order valence-electron chi connectivity index (χ3n) is 6.67. The first-order valence-corrected chi connectivity index (χ1v) is 10.0. The number of fused-ring (bicyclic) bond motifs is 5. The van der Waals surface area contributed by atoms with Crippen LogP contribution in [0.2, 0.25) is 0 Å². The first-order chi connectivity index (χ1) is 14.7. The van der Waals surface area contributed by atoms with E-state index in [1.807, 2.05) is 25.1 Å². The van der Waals surface area contributed by atoms with E-state index < -0.39 is 34.9 Å². The van der Waals surface area contributed by atoms with E-state index in [0.717, 1.165) is 11.3 Å². The van der Waals surface area contributed by atoms with Gasteiger partial charge in [-0.15, -0.1) is 0 Å². The van der Waals surface area contributed by atoms with Crippen molar-refractivity contribution in [1.29, 1.82) is 0 Å². The molecule has 31 heavy (non-hydrogen) atoms. The molecule has 1 amide bonds. The SMILES string of the molecule is CN(C)c1cc2ncoc2c2c1CC1CC3CC(O)=C(C(N)=O)C(=O)C3C(O)=C1C2=O. The Balaban J connectivity index is 1.70. The lowest BCUT2D eigenvalue weighted by Crippen LogP contribution is -2.43. The third kappa shape index (κ3) is 2.55. The highest BCUT2D eigenvalue weighted by atomic mass is 16.3. The Morgan fingerprint density at radius 1 is 1.26 bits per heavy atom. The van der Waals surface area contributed by atoms with E-state index in [2.05, 4.69) is 4.98 Å². The van der Waals surface area contributed by atoms with Gasteiger partial charge < -0.3 is 25.3 Å². The number of aromatic nitrogens is 1. The van der Waals surface area contributed by atoms with Crippen molar-refractivity contribution < 1.29 is 29.0 Å². The molecule has 1 aromatic heterocycles. The fraction of sp³-hybridized carbons (Fsp3) is 0.364. The number of nitrogens with two attached hydrogens (primary N) is 1. The van der Waals surface area contributed by atoms with Crippen molar-refractivity contribution in [3.8, 4) is 0 Å². The maximum atomic E-state index is 13.6. The van der Waals surface area contributed by atoms with Crippen molar-refractivity contribution in [2.24, 2.45) is 23.5 Å². The summed E-state index contributed by atoms with van der Waals surface area (Å²) in [6.45, 7) is 0. The van der Waals surface area contributed by atoms with Crippen molar-refractivity contribution in [3.05, 3.63) is 46.3 Å². The largest absolute Gasteiger partial charge is 0.511 e. The summed E-state index contributed by atoms with van der Waals surface area (Å²) in [5.74, 6) is -4.69. The normalized spacial score (nSPS) is 25.4. The van der Waals surface area contributed by atoms with Crippen LogP contribution in [0.15, 0.2) is 39.5 Å². The first-order valence-electron chi connectivity index (χ1n) is 10.0. The van der Waals surface area contributed by atoms with Gasteiger partial charge in [0.15, 0.2) is 23.5 Å². The van der Waals surface area contributed by atoms with Gasteiger partial charge in [-0.05, 0) is 36.3 Å². The Kier molecular flexibility index (Phi) is 4.02. The Morgan fingerprint density at radius 3 is 2.68 bits per heavy atom. The highest BCUT2D eigenvalue weighted by Gasteiger charge is 2.50. The zero-order chi connectivity index (χ0) is 22.2. The standard InChI is InChI=1S/C22H21N3O6/c1-25(2)12-6-11-21(31-7-24-11)16-10(12)4-8-3-9-5-13(26)17(22(23)30)20(29)15(9)18(27)14(8)19(16)28/h6-9,15,26-27H,3-5H2,1-2H3,(H2,23,30). The Labute approximate surface area is 176 Å². The highest BCUT2D eigenvalue weighted by Crippen LogP contribution is 2.50. The zero-order valence-electron chi connectivity index (χ0n) is 17.0. The smallest absolute Gasteiger partial charge is 0.255 e. The minimum Gasteiger partial charge on any atom is -0.511 e. The Bertz CT molecular complexity index is 1250. The number of nitrogens with zero attached hydrogens (tertiary/aromatic N) is 2. The molecule has 0 saturated carbocycles. The van der Waals surface area contributed by atoms with Gasteiger partial charge in [0.1, 0.15) is 22.6 Å². The summed E-state index contributed by atoms with van der Waals surface area (Å²) < 4.78 is 5.50. The molecule has 9 nitrogen and oxygen atoms in total. The van der Waals surface area contributed by atoms with Crippen LogP contribution in [0, 0.1) is 17.8 Å². The van der Waals surface area contributed by atoms with E-state index in [-0.39, 0.29) is 29.4 Å². The fourth-order valence-electron chi connectivity index (χ4n) is 5.41. The second-order valence-electron chi connectivity index (χ2n) is 8.60. The first kappa shape index (κ1) is 19.3. The number of ketones is 2. The van der Waals surface area contributed by atoms with E-state index in [1.54, 1.807) is 0 Å². The topological polar surface area (TPSA) is 147 Å². The number of allylic oxidation sites excluding steroid dienone is 3. The van der Waals surface area contributed by atoms with Gasteiger partial charge >= 0.3 is 0 Å². The molecule has 3 aliphatic carbocycles. The minimum absolute atomic E-state index is 0.0469. The minimum atomic E-state index is -1.07.